The summed E-state index contributed by atoms with van der Waals surface area (Å²) in [5.41, 5.74) is 0.609. The van der Waals surface area contributed by atoms with Crippen molar-refractivity contribution in [1.29, 1.82) is 0 Å². The second kappa shape index (κ2) is 8.90. The molecule has 2 N–H and O–H groups in total. The predicted molar refractivity (Wildman–Crippen MR) is 86.2 cm³/mol. The Labute approximate surface area is 140 Å². The second-order valence-electron chi connectivity index (χ2n) is 5.71. The molecule has 0 aromatic rings. The molecule has 0 radical (unpaired) electrons. The van der Waals surface area contributed by atoms with Crippen molar-refractivity contribution in [1.82, 2.24) is 10.6 Å². The molecule has 1 fully saturated rings. The highest BCUT2D eigenvalue weighted by atomic mass is 16.5. The lowest BCUT2D eigenvalue weighted by Gasteiger charge is -2.20. The molecule has 2 aliphatic rings. The van der Waals surface area contributed by atoms with E-state index in [1.165, 1.54) is 12.5 Å². The van der Waals surface area contributed by atoms with Gasteiger partial charge in [-0.05, 0) is 25.7 Å². The van der Waals surface area contributed by atoms with Gasteiger partial charge in [-0.25, -0.2) is 9.59 Å². The van der Waals surface area contributed by atoms with Gasteiger partial charge in [0.25, 0.3) is 5.91 Å². The average molecular weight is 334 g/mol. The van der Waals surface area contributed by atoms with Crippen molar-refractivity contribution in [2.45, 2.75) is 44.6 Å². The van der Waals surface area contributed by atoms with Crippen LogP contribution in [-0.2, 0) is 23.9 Å². The summed E-state index contributed by atoms with van der Waals surface area (Å²) in [5.74, 6) is -1.04. The third-order valence-electron chi connectivity index (χ3n) is 3.70. The minimum Gasteiger partial charge on any atom is -0.462 e. The lowest BCUT2D eigenvalue weighted by molar-refractivity contribution is -0.145. The van der Waals surface area contributed by atoms with Gasteiger partial charge in [-0.2, -0.15) is 0 Å². The number of hydrogen-bond acceptors (Lipinski definition) is 6. The van der Waals surface area contributed by atoms with E-state index in [2.05, 4.69) is 17.2 Å². The molecule has 0 aromatic carbocycles. The summed E-state index contributed by atoms with van der Waals surface area (Å²) in [7, 11) is 0. The molecule has 1 aliphatic heterocycles. The van der Waals surface area contributed by atoms with Crippen LogP contribution in [0.1, 0.15) is 38.5 Å². The quantitative estimate of drug-likeness (QED) is 0.564. The molecule has 24 heavy (non-hydrogen) atoms. The fourth-order valence-electron chi connectivity index (χ4n) is 2.57. The van der Waals surface area contributed by atoms with Crippen molar-refractivity contribution in [3.05, 3.63) is 36.3 Å². The molecule has 0 unspecified atom stereocenters. The van der Waals surface area contributed by atoms with Crippen molar-refractivity contribution in [3.63, 3.8) is 0 Å². The van der Waals surface area contributed by atoms with Crippen LogP contribution in [0.25, 0.3) is 0 Å². The Morgan fingerprint density at radius 2 is 1.88 bits per heavy atom. The number of carbonyl (C=O) groups excluding carboxylic acids is 3. The summed E-state index contributed by atoms with van der Waals surface area (Å²) in [4.78, 5) is 34.4. The molecule has 1 saturated carbocycles. The van der Waals surface area contributed by atoms with Crippen molar-refractivity contribution >= 4 is 17.8 Å². The Morgan fingerprint density at radius 1 is 1.17 bits per heavy atom. The minimum absolute atomic E-state index is 0.0459. The van der Waals surface area contributed by atoms with Gasteiger partial charge in [0.2, 0.25) is 0 Å². The van der Waals surface area contributed by atoms with Crippen molar-refractivity contribution in [2.75, 3.05) is 6.61 Å². The molecule has 0 bridgehead atoms. The van der Waals surface area contributed by atoms with E-state index in [9.17, 15) is 14.4 Å². The van der Waals surface area contributed by atoms with E-state index in [1.807, 2.05) is 0 Å². The molecule has 130 valence electrons. The molecular formula is C17H22N2O5. The Morgan fingerprint density at radius 3 is 2.58 bits per heavy atom. The van der Waals surface area contributed by atoms with Crippen LogP contribution in [-0.4, -0.2) is 30.6 Å². The van der Waals surface area contributed by atoms with E-state index in [0.717, 1.165) is 37.8 Å². The van der Waals surface area contributed by atoms with Crippen LogP contribution in [0.15, 0.2) is 36.3 Å². The zero-order valence-corrected chi connectivity index (χ0v) is 13.5. The maximum Gasteiger partial charge on any atom is 0.331 e. The minimum atomic E-state index is -0.629. The van der Waals surface area contributed by atoms with Gasteiger partial charge in [0.05, 0.1) is 6.61 Å². The molecule has 2 rings (SSSR count). The van der Waals surface area contributed by atoms with Gasteiger partial charge in [0.15, 0.2) is 0 Å². The van der Waals surface area contributed by atoms with Crippen molar-refractivity contribution in [3.8, 4) is 0 Å². The number of ether oxygens (including phenoxy) is 2. The topological polar surface area (TPSA) is 93.7 Å². The van der Waals surface area contributed by atoms with Crippen LogP contribution in [0, 0.1) is 0 Å². The van der Waals surface area contributed by atoms with E-state index in [1.54, 1.807) is 0 Å². The van der Waals surface area contributed by atoms with Crippen LogP contribution < -0.4 is 10.6 Å². The lowest BCUT2D eigenvalue weighted by Crippen LogP contribution is -2.35. The van der Waals surface area contributed by atoms with E-state index in [-0.39, 0.29) is 18.6 Å². The number of carbonyl (C=O) groups is 3. The number of esters is 2. The Bertz CT molecular complexity index is 574. The van der Waals surface area contributed by atoms with Crippen LogP contribution in [0.5, 0.6) is 0 Å². The third-order valence-corrected chi connectivity index (χ3v) is 3.70. The van der Waals surface area contributed by atoms with Crippen molar-refractivity contribution in [2.24, 2.45) is 0 Å². The highest BCUT2D eigenvalue weighted by Gasteiger charge is 2.16. The Hall–Kier alpha value is -2.57. The van der Waals surface area contributed by atoms with Gasteiger partial charge in [-0.1, -0.05) is 13.0 Å². The van der Waals surface area contributed by atoms with Crippen LogP contribution >= 0.6 is 0 Å². The average Bonchev–Trinajstić information content (AvgIpc) is 2.53. The summed E-state index contributed by atoms with van der Waals surface area (Å²) in [6, 6.07) is 0. The van der Waals surface area contributed by atoms with Gasteiger partial charge in [-0.3, -0.25) is 4.79 Å². The molecule has 0 saturated heterocycles. The maximum absolute atomic E-state index is 11.6. The standard InChI is InChI=1S/C17H22N2O5/c1-12-18-13(11-15(20)19-12)9-10-23-16(21)7-8-17(22)24-14-5-3-2-4-6-14/h7-8,11,14,18H,1-6,9-10H2,(H,19,20)/b8-7+. The molecule has 7 heteroatoms. The number of hydrogen-bond donors (Lipinski definition) is 2. The molecular weight excluding hydrogens is 312 g/mol. The molecule has 1 amide bonds. The summed E-state index contributed by atoms with van der Waals surface area (Å²) >= 11 is 0. The van der Waals surface area contributed by atoms with E-state index < -0.39 is 11.9 Å². The Balaban J connectivity index is 1.66. The molecule has 0 spiro atoms. The molecule has 0 aromatic heterocycles. The van der Waals surface area contributed by atoms with Crippen molar-refractivity contribution < 1.29 is 23.9 Å². The zero-order chi connectivity index (χ0) is 17.4. The van der Waals surface area contributed by atoms with E-state index >= 15 is 0 Å². The number of nitrogens with one attached hydrogen (secondary N) is 2. The van der Waals surface area contributed by atoms with E-state index in [4.69, 9.17) is 9.47 Å². The molecule has 1 heterocycles. The normalized spacial score (nSPS) is 18.6. The summed E-state index contributed by atoms with van der Waals surface area (Å²) in [5, 5.41) is 5.35. The van der Waals surface area contributed by atoms with Gasteiger partial charge in [-0.15, -0.1) is 0 Å². The molecule has 7 nitrogen and oxygen atoms in total. The van der Waals surface area contributed by atoms with Gasteiger partial charge >= 0.3 is 11.9 Å². The number of rotatable bonds is 6. The summed E-state index contributed by atoms with van der Waals surface area (Å²) < 4.78 is 10.2. The molecule has 0 atom stereocenters. The van der Waals surface area contributed by atoms with Crippen LogP contribution in [0.2, 0.25) is 0 Å². The monoisotopic (exact) mass is 334 g/mol. The summed E-state index contributed by atoms with van der Waals surface area (Å²) in [6.45, 7) is 3.68. The summed E-state index contributed by atoms with van der Waals surface area (Å²) in [6.07, 6.45) is 8.89. The van der Waals surface area contributed by atoms with Gasteiger partial charge in [0, 0.05) is 30.3 Å². The first-order chi connectivity index (χ1) is 11.5. The fourth-order valence-corrected chi connectivity index (χ4v) is 2.57. The first kappa shape index (κ1) is 17.8. The van der Waals surface area contributed by atoms with Gasteiger partial charge in [0.1, 0.15) is 11.9 Å². The maximum atomic E-state index is 11.6. The number of amides is 1. The SMILES string of the molecule is C=C1NC(=O)C=C(CCOC(=O)/C=C/C(=O)OC2CCCCC2)N1. The first-order valence-corrected chi connectivity index (χ1v) is 8.06. The lowest BCUT2D eigenvalue weighted by atomic mass is 9.98. The first-order valence-electron chi connectivity index (χ1n) is 8.06. The zero-order valence-electron chi connectivity index (χ0n) is 13.5. The highest BCUT2D eigenvalue weighted by Crippen LogP contribution is 2.20. The predicted octanol–water partition coefficient (Wildman–Crippen LogP) is 1.43. The third kappa shape index (κ3) is 6.28. The second-order valence-corrected chi connectivity index (χ2v) is 5.71. The van der Waals surface area contributed by atoms with E-state index in [0.29, 0.717) is 17.9 Å². The largest absolute Gasteiger partial charge is 0.462 e. The van der Waals surface area contributed by atoms with Crippen LogP contribution in [0.3, 0.4) is 0 Å². The molecule has 1 aliphatic carbocycles. The van der Waals surface area contributed by atoms with Crippen LogP contribution in [0.4, 0.5) is 0 Å². The smallest absolute Gasteiger partial charge is 0.331 e. The fraction of sp³-hybridized carbons (Fsp3) is 0.471. The highest BCUT2D eigenvalue weighted by molar-refractivity contribution is 5.92. The van der Waals surface area contributed by atoms with Gasteiger partial charge < -0.3 is 20.1 Å². The Kier molecular flexibility index (Phi) is 6.60.